The number of ether oxygens (including phenoxy) is 1. The summed E-state index contributed by atoms with van der Waals surface area (Å²) in [5.74, 6) is -0.309. The zero-order chi connectivity index (χ0) is 28.4. The number of sulfonamides is 1. The number of hydrogen-bond donors (Lipinski definition) is 1. The van der Waals surface area contributed by atoms with Crippen LogP contribution < -0.4 is 15.1 Å². The van der Waals surface area contributed by atoms with E-state index in [2.05, 4.69) is 29.2 Å². The van der Waals surface area contributed by atoms with E-state index in [0.717, 1.165) is 22.0 Å². The molecule has 8 nitrogen and oxygen atoms in total. The van der Waals surface area contributed by atoms with Crippen LogP contribution in [-0.2, 0) is 21.4 Å². The van der Waals surface area contributed by atoms with Crippen LogP contribution in [0.5, 0.6) is 5.75 Å². The van der Waals surface area contributed by atoms with Crippen LogP contribution in [0.4, 0.5) is 0 Å². The summed E-state index contributed by atoms with van der Waals surface area (Å²) in [7, 11) is -2.67. The van der Waals surface area contributed by atoms with Crippen molar-refractivity contribution in [3.8, 4) is 5.75 Å². The van der Waals surface area contributed by atoms with Crippen molar-refractivity contribution in [1.29, 1.82) is 0 Å². The van der Waals surface area contributed by atoms with Gasteiger partial charge in [-0.1, -0.05) is 43.7 Å². The number of imidazole rings is 1. The van der Waals surface area contributed by atoms with Gasteiger partial charge in [-0.3, -0.25) is 13.9 Å². The Labute approximate surface area is 236 Å². The lowest BCUT2D eigenvalue weighted by atomic mass is 10.1. The van der Waals surface area contributed by atoms with Gasteiger partial charge in [0.25, 0.3) is 10.0 Å². The number of fused-ring (bicyclic) bond motifs is 2. The van der Waals surface area contributed by atoms with Gasteiger partial charge in [0.2, 0.25) is 5.91 Å². The Balaban J connectivity index is 1.49. The Bertz CT molecular complexity index is 1870. The standard InChI is InChI=1S/C30H31N3O5S2/c1-4-9-22(16-28(34)31-40(36,37)24-12-8-11-23(17-24)38-3)33-26-14-6-5-13-25(26)32(30(33)35)18-21-19-39-27-15-7-10-20(2)29(21)27/h5-8,10-15,17,19,22H,4,9,16,18H2,1-3H3,(H,31,34). The van der Waals surface area contributed by atoms with Gasteiger partial charge in [-0.05, 0) is 60.2 Å². The van der Waals surface area contributed by atoms with Gasteiger partial charge in [0.15, 0.2) is 0 Å². The van der Waals surface area contributed by atoms with Crippen LogP contribution in [0.15, 0.2) is 81.8 Å². The summed E-state index contributed by atoms with van der Waals surface area (Å²) in [5, 5.41) is 3.25. The van der Waals surface area contributed by atoms with Gasteiger partial charge in [-0.2, -0.15) is 0 Å². The monoisotopic (exact) mass is 577 g/mol. The lowest BCUT2D eigenvalue weighted by Crippen LogP contribution is -2.35. The average molecular weight is 578 g/mol. The molecule has 0 aliphatic heterocycles. The molecule has 0 radical (unpaired) electrons. The van der Waals surface area contributed by atoms with Gasteiger partial charge in [0.1, 0.15) is 5.75 Å². The van der Waals surface area contributed by atoms with E-state index >= 15 is 0 Å². The Kier molecular flexibility index (Phi) is 7.82. The van der Waals surface area contributed by atoms with E-state index in [1.807, 2.05) is 37.3 Å². The Morgan fingerprint density at radius 1 is 1.05 bits per heavy atom. The number of methoxy groups -OCH3 is 1. The highest BCUT2D eigenvalue weighted by Gasteiger charge is 2.26. The summed E-state index contributed by atoms with van der Waals surface area (Å²) >= 11 is 1.65. The van der Waals surface area contributed by atoms with Crippen LogP contribution in [0, 0.1) is 6.92 Å². The van der Waals surface area contributed by atoms with Crippen molar-refractivity contribution in [3.05, 3.63) is 93.7 Å². The number of carbonyl (C=O) groups is 1. The number of para-hydroxylation sites is 2. The van der Waals surface area contributed by atoms with E-state index < -0.39 is 22.0 Å². The first kappa shape index (κ1) is 27.7. The topological polar surface area (TPSA) is 99.4 Å². The van der Waals surface area contributed by atoms with Crippen molar-refractivity contribution >= 4 is 48.4 Å². The van der Waals surface area contributed by atoms with E-state index in [4.69, 9.17) is 4.74 Å². The van der Waals surface area contributed by atoms with Crippen molar-refractivity contribution in [1.82, 2.24) is 13.9 Å². The summed E-state index contributed by atoms with van der Waals surface area (Å²) in [6.07, 6.45) is 1.08. The number of rotatable bonds is 10. The lowest BCUT2D eigenvalue weighted by Gasteiger charge is -2.18. The van der Waals surface area contributed by atoms with Crippen molar-refractivity contribution in [3.63, 3.8) is 0 Å². The molecule has 0 fully saturated rings. The number of nitrogens with zero attached hydrogens (tertiary/aromatic N) is 2. The minimum atomic E-state index is -4.11. The Morgan fingerprint density at radius 2 is 1.80 bits per heavy atom. The molecule has 1 unspecified atom stereocenters. The van der Waals surface area contributed by atoms with Crippen molar-refractivity contribution < 1.29 is 17.9 Å². The summed E-state index contributed by atoms with van der Waals surface area (Å²) in [4.78, 5) is 27.0. The van der Waals surface area contributed by atoms with Crippen LogP contribution in [0.25, 0.3) is 21.1 Å². The fourth-order valence-electron chi connectivity index (χ4n) is 5.26. The number of aromatic nitrogens is 2. The van der Waals surface area contributed by atoms with Gasteiger partial charge < -0.3 is 4.74 Å². The van der Waals surface area contributed by atoms with Gasteiger partial charge in [-0.25, -0.2) is 17.9 Å². The minimum Gasteiger partial charge on any atom is -0.497 e. The minimum absolute atomic E-state index is 0.0701. The molecule has 0 aliphatic carbocycles. The van der Waals surface area contributed by atoms with Crippen molar-refractivity contribution in [2.45, 2.75) is 50.6 Å². The van der Waals surface area contributed by atoms with Crippen LogP contribution in [0.2, 0.25) is 0 Å². The Morgan fingerprint density at radius 3 is 2.55 bits per heavy atom. The number of carbonyl (C=O) groups excluding carboxylic acids is 1. The second-order valence-electron chi connectivity index (χ2n) is 9.79. The number of benzene rings is 3. The number of amides is 1. The van der Waals surface area contributed by atoms with E-state index in [9.17, 15) is 18.0 Å². The zero-order valence-corrected chi connectivity index (χ0v) is 24.2. The summed E-state index contributed by atoms with van der Waals surface area (Å²) < 4.78 is 37.7. The smallest absolute Gasteiger partial charge is 0.329 e. The maximum absolute atomic E-state index is 14.0. The molecule has 208 valence electrons. The molecular formula is C30H31N3O5S2. The first-order valence-electron chi connectivity index (χ1n) is 13.1. The molecule has 0 aliphatic rings. The maximum atomic E-state index is 14.0. The molecule has 3 aromatic carbocycles. The highest BCUT2D eigenvalue weighted by atomic mass is 32.2. The van der Waals surface area contributed by atoms with Crippen molar-refractivity contribution in [2.24, 2.45) is 0 Å². The molecule has 0 saturated heterocycles. The third kappa shape index (κ3) is 5.29. The van der Waals surface area contributed by atoms with Gasteiger partial charge in [-0.15, -0.1) is 11.3 Å². The SMILES string of the molecule is CCCC(CC(=O)NS(=O)(=O)c1cccc(OC)c1)n1c(=O)n(Cc2csc3cccc(C)c23)c2ccccc21. The van der Waals surface area contributed by atoms with Crippen LogP contribution in [-0.4, -0.2) is 30.6 Å². The lowest BCUT2D eigenvalue weighted by molar-refractivity contribution is -0.120. The summed E-state index contributed by atoms with van der Waals surface area (Å²) in [5.41, 5.74) is 3.48. The zero-order valence-electron chi connectivity index (χ0n) is 22.6. The molecule has 5 aromatic rings. The van der Waals surface area contributed by atoms with Crippen LogP contribution in [0.3, 0.4) is 0 Å². The molecule has 1 N–H and O–H groups in total. The molecule has 10 heteroatoms. The average Bonchev–Trinajstić information content (AvgIpc) is 3.47. The van der Waals surface area contributed by atoms with E-state index in [1.54, 1.807) is 32.6 Å². The first-order chi connectivity index (χ1) is 19.2. The van der Waals surface area contributed by atoms with Crippen LogP contribution >= 0.6 is 11.3 Å². The Hall–Kier alpha value is -3.89. The third-order valence-electron chi connectivity index (χ3n) is 7.09. The molecule has 5 rings (SSSR count). The molecule has 0 bridgehead atoms. The van der Waals surface area contributed by atoms with E-state index in [-0.39, 0.29) is 17.0 Å². The highest BCUT2D eigenvalue weighted by Crippen LogP contribution is 2.31. The predicted octanol–water partition coefficient (Wildman–Crippen LogP) is 5.62. The highest BCUT2D eigenvalue weighted by molar-refractivity contribution is 7.90. The molecule has 0 spiro atoms. The number of thiophene rings is 1. The number of hydrogen-bond acceptors (Lipinski definition) is 6. The van der Waals surface area contributed by atoms with Gasteiger partial charge in [0.05, 0.1) is 29.6 Å². The fraction of sp³-hybridized carbons (Fsp3) is 0.267. The second-order valence-corrected chi connectivity index (χ2v) is 12.4. The molecule has 1 atom stereocenters. The fourth-order valence-corrected chi connectivity index (χ4v) is 7.32. The van der Waals surface area contributed by atoms with E-state index in [1.165, 1.54) is 23.9 Å². The second kappa shape index (κ2) is 11.3. The van der Waals surface area contributed by atoms with E-state index in [0.29, 0.717) is 30.7 Å². The third-order valence-corrected chi connectivity index (χ3v) is 9.46. The molecule has 2 heterocycles. The normalized spacial score (nSPS) is 12.6. The number of nitrogens with one attached hydrogen (secondary N) is 1. The van der Waals surface area contributed by atoms with Gasteiger partial charge in [0, 0.05) is 28.6 Å². The first-order valence-corrected chi connectivity index (χ1v) is 15.4. The van der Waals surface area contributed by atoms with Crippen molar-refractivity contribution in [2.75, 3.05) is 7.11 Å². The van der Waals surface area contributed by atoms with Gasteiger partial charge >= 0.3 is 5.69 Å². The molecule has 2 aromatic heterocycles. The molecular weight excluding hydrogens is 546 g/mol. The maximum Gasteiger partial charge on any atom is 0.329 e. The predicted molar refractivity (Wildman–Crippen MR) is 159 cm³/mol. The molecule has 40 heavy (non-hydrogen) atoms. The number of aryl methyl sites for hydroxylation is 1. The van der Waals surface area contributed by atoms with Crippen LogP contribution in [0.1, 0.15) is 43.4 Å². The largest absolute Gasteiger partial charge is 0.497 e. The quantitative estimate of drug-likeness (QED) is 0.232. The molecule has 1 amide bonds. The molecule has 0 saturated carbocycles. The summed E-state index contributed by atoms with van der Waals surface area (Å²) in [6, 6.07) is 19.1. The summed E-state index contributed by atoms with van der Waals surface area (Å²) in [6.45, 7) is 4.44.